The number of hydrogen-bond acceptors (Lipinski definition) is 4. The summed E-state index contributed by atoms with van der Waals surface area (Å²) in [5.74, 6) is 0.0413. The smallest absolute Gasteiger partial charge is 0.288 e. The van der Waals surface area contributed by atoms with Crippen LogP contribution in [-0.4, -0.2) is 15.7 Å². The molecule has 0 saturated heterocycles. The van der Waals surface area contributed by atoms with Gasteiger partial charge in [0.2, 0.25) is 0 Å². The Hall–Kier alpha value is -1.30. The molecule has 0 aromatic carbocycles. The Morgan fingerprint density at radius 2 is 2.12 bits per heavy atom. The summed E-state index contributed by atoms with van der Waals surface area (Å²) in [6, 6.07) is 1.36. The highest BCUT2D eigenvalue weighted by Crippen LogP contribution is 2.24. The first-order valence-corrected chi connectivity index (χ1v) is 5.83. The zero-order chi connectivity index (χ0) is 13.2. The molecule has 0 unspecified atom stereocenters. The van der Waals surface area contributed by atoms with Gasteiger partial charge in [-0.3, -0.25) is 19.9 Å². The molecule has 0 amide bonds. The van der Waals surface area contributed by atoms with Crippen LogP contribution in [0.25, 0.3) is 0 Å². The Labute approximate surface area is 108 Å². The first kappa shape index (κ1) is 13.8. The Morgan fingerprint density at radius 1 is 1.53 bits per heavy atom. The molecule has 17 heavy (non-hydrogen) atoms. The third-order valence-corrected chi connectivity index (χ3v) is 2.96. The molecule has 0 aliphatic heterocycles. The highest BCUT2D eigenvalue weighted by atomic mass is 79.9. The molecule has 0 N–H and O–H groups in total. The summed E-state index contributed by atoms with van der Waals surface area (Å²) in [6.07, 6.45) is 1.33. The monoisotopic (exact) mass is 300 g/mol. The summed E-state index contributed by atoms with van der Waals surface area (Å²) in [5.41, 5.74) is -0.0116. The predicted octanol–water partition coefficient (Wildman–Crippen LogP) is 2.91. The number of ketones is 1. The van der Waals surface area contributed by atoms with Crippen LogP contribution in [0.2, 0.25) is 0 Å². The molecule has 1 heterocycles. The Balaban J connectivity index is 2.95. The number of hydrogen-bond donors (Lipinski definition) is 0. The van der Waals surface area contributed by atoms with Crippen molar-refractivity contribution in [1.29, 1.82) is 0 Å². The van der Waals surface area contributed by atoms with Crippen LogP contribution in [-0.2, 0) is 11.2 Å². The summed E-state index contributed by atoms with van der Waals surface area (Å²) in [7, 11) is 0. The van der Waals surface area contributed by atoms with E-state index in [0.717, 1.165) is 6.20 Å². The fourth-order valence-electron chi connectivity index (χ4n) is 1.10. The van der Waals surface area contributed by atoms with E-state index in [2.05, 4.69) is 20.9 Å². The first-order chi connectivity index (χ1) is 7.71. The molecule has 1 rings (SSSR count). The van der Waals surface area contributed by atoms with E-state index in [1.54, 1.807) is 0 Å². The normalized spacial score (nSPS) is 11.3. The van der Waals surface area contributed by atoms with E-state index in [4.69, 9.17) is 0 Å². The highest BCUT2D eigenvalue weighted by Gasteiger charge is 2.23. The molecule has 0 saturated carbocycles. The molecular weight excluding hydrogens is 288 g/mol. The van der Waals surface area contributed by atoms with Crippen molar-refractivity contribution in [3.63, 3.8) is 0 Å². The molecule has 0 aliphatic rings. The van der Waals surface area contributed by atoms with Gasteiger partial charge in [0, 0.05) is 16.0 Å². The van der Waals surface area contributed by atoms with Crippen molar-refractivity contribution in [1.82, 2.24) is 4.98 Å². The van der Waals surface area contributed by atoms with Crippen LogP contribution >= 0.6 is 15.9 Å². The average molecular weight is 301 g/mol. The zero-order valence-electron chi connectivity index (χ0n) is 9.86. The minimum Gasteiger partial charge on any atom is -0.299 e. The van der Waals surface area contributed by atoms with Gasteiger partial charge in [0.1, 0.15) is 12.0 Å². The average Bonchev–Trinajstić information content (AvgIpc) is 2.19. The zero-order valence-corrected chi connectivity index (χ0v) is 11.4. The molecule has 1 aromatic rings. The lowest BCUT2D eigenvalue weighted by Crippen LogP contribution is -2.22. The van der Waals surface area contributed by atoms with Crippen LogP contribution in [0, 0.1) is 15.5 Å². The fourth-order valence-corrected chi connectivity index (χ4v) is 1.58. The first-order valence-electron chi connectivity index (χ1n) is 5.04. The molecule has 1 aromatic heterocycles. The lowest BCUT2D eigenvalue weighted by molar-refractivity contribution is -0.385. The van der Waals surface area contributed by atoms with Gasteiger partial charge >= 0.3 is 0 Å². The maximum atomic E-state index is 11.8. The van der Waals surface area contributed by atoms with Crippen LogP contribution in [0.5, 0.6) is 0 Å². The number of nitrogens with zero attached hydrogens (tertiary/aromatic N) is 2. The lowest BCUT2D eigenvalue weighted by Gasteiger charge is -2.16. The molecule has 0 radical (unpaired) electrons. The number of aromatic nitrogens is 1. The Bertz CT molecular complexity index is 466. The van der Waals surface area contributed by atoms with Gasteiger partial charge < -0.3 is 0 Å². The van der Waals surface area contributed by atoms with Crippen LogP contribution in [0.1, 0.15) is 26.5 Å². The molecule has 0 fully saturated rings. The summed E-state index contributed by atoms with van der Waals surface area (Å²) >= 11 is 3.19. The number of carbonyl (C=O) groups is 1. The number of halogens is 1. The number of nitro groups is 1. The van der Waals surface area contributed by atoms with E-state index in [9.17, 15) is 14.9 Å². The second kappa shape index (κ2) is 4.91. The second-order valence-corrected chi connectivity index (χ2v) is 5.58. The van der Waals surface area contributed by atoms with Crippen molar-refractivity contribution in [2.75, 3.05) is 0 Å². The van der Waals surface area contributed by atoms with Crippen molar-refractivity contribution in [3.8, 4) is 0 Å². The largest absolute Gasteiger partial charge is 0.299 e. The van der Waals surface area contributed by atoms with E-state index in [1.165, 1.54) is 6.07 Å². The van der Waals surface area contributed by atoms with E-state index in [-0.39, 0.29) is 17.9 Å². The summed E-state index contributed by atoms with van der Waals surface area (Å²) in [6.45, 7) is 5.48. The molecule has 0 bridgehead atoms. The molecular formula is C11H13BrN2O3. The predicted molar refractivity (Wildman–Crippen MR) is 66.8 cm³/mol. The topological polar surface area (TPSA) is 73.1 Å². The molecule has 0 spiro atoms. The van der Waals surface area contributed by atoms with Crippen LogP contribution in [0.4, 0.5) is 5.69 Å². The second-order valence-electron chi connectivity index (χ2n) is 4.73. The van der Waals surface area contributed by atoms with Gasteiger partial charge in [0.15, 0.2) is 0 Å². The lowest BCUT2D eigenvalue weighted by atomic mass is 9.88. The number of carbonyl (C=O) groups excluding carboxylic acids is 1. The van der Waals surface area contributed by atoms with Gasteiger partial charge in [-0.05, 0) is 15.9 Å². The number of Topliss-reactive ketones (excluding diaryl/α,β-unsaturated/α-hetero) is 1. The summed E-state index contributed by atoms with van der Waals surface area (Å²) < 4.78 is 0.490. The van der Waals surface area contributed by atoms with Crippen molar-refractivity contribution >= 4 is 27.4 Å². The molecule has 6 heteroatoms. The maximum absolute atomic E-state index is 11.8. The Morgan fingerprint density at radius 3 is 2.53 bits per heavy atom. The van der Waals surface area contributed by atoms with Gasteiger partial charge in [-0.15, -0.1) is 0 Å². The minimum atomic E-state index is -0.521. The molecule has 0 aliphatic carbocycles. The van der Waals surface area contributed by atoms with Gasteiger partial charge in [0.25, 0.3) is 5.69 Å². The SMILES string of the molecule is CC(C)(C)C(=O)Cc1ncc([N+](=O)[O-])cc1Br. The van der Waals surface area contributed by atoms with Crippen LogP contribution in [0.3, 0.4) is 0 Å². The van der Waals surface area contributed by atoms with Gasteiger partial charge in [0.05, 0.1) is 17.0 Å². The van der Waals surface area contributed by atoms with Crippen LogP contribution < -0.4 is 0 Å². The van der Waals surface area contributed by atoms with Crippen molar-refractivity contribution in [2.24, 2.45) is 5.41 Å². The van der Waals surface area contributed by atoms with E-state index >= 15 is 0 Å². The third kappa shape index (κ3) is 3.59. The van der Waals surface area contributed by atoms with Crippen molar-refractivity contribution in [2.45, 2.75) is 27.2 Å². The molecule has 5 nitrogen and oxygen atoms in total. The maximum Gasteiger partial charge on any atom is 0.288 e. The van der Waals surface area contributed by atoms with Crippen molar-refractivity contribution < 1.29 is 9.72 Å². The van der Waals surface area contributed by atoms with E-state index in [1.807, 2.05) is 20.8 Å². The summed E-state index contributed by atoms with van der Waals surface area (Å²) in [4.78, 5) is 25.8. The van der Waals surface area contributed by atoms with E-state index in [0.29, 0.717) is 10.2 Å². The standard InChI is InChI=1S/C11H13BrN2O3/c1-11(2,3)10(15)5-9-8(12)4-7(6-13-9)14(16)17/h4,6H,5H2,1-3H3. The fraction of sp³-hybridized carbons (Fsp3) is 0.455. The van der Waals surface area contributed by atoms with Crippen molar-refractivity contribution in [3.05, 3.63) is 32.5 Å². The highest BCUT2D eigenvalue weighted by molar-refractivity contribution is 9.10. The van der Waals surface area contributed by atoms with Gasteiger partial charge in [-0.1, -0.05) is 20.8 Å². The van der Waals surface area contributed by atoms with Gasteiger partial charge in [-0.2, -0.15) is 0 Å². The molecule has 92 valence electrons. The quantitative estimate of drug-likeness (QED) is 0.635. The number of pyridine rings is 1. The van der Waals surface area contributed by atoms with E-state index < -0.39 is 10.3 Å². The Kier molecular flexibility index (Phi) is 3.98. The number of rotatable bonds is 3. The van der Waals surface area contributed by atoms with Crippen LogP contribution in [0.15, 0.2) is 16.7 Å². The third-order valence-electron chi connectivity index (χ3n) is 2.28. The van der Waals surface area contributed by atoms with Gasteiger partial charge in [-0.25, -0.2) is 0 Å². The minimum absolute atomic E-state index is 0.0413. The summed E-state index contributed by atoms with van der Waals surface area (Å²) in [5, 5.41) is 10.5. The molecule has 0 atom stereocenters.